The summed E-state index contributed by atoms with van der Waals surface area (Å²) in [6, 6.07) is 0. The maximum absolute atomic E-state index is 5.32. The maximum Gasteiger partial charge on any atom is 0.0317 e. The van der Waals surface area contributed by atoms with E-state index in [9.17, 15) is 0 Å². The van der Waals surface area contributed by atoms with Gasteiger partial charge in [0, 0.05) is 18.8 Å². The molecule has 0 rings (SSSR count). The van der Waals surface area contributed by atoms with Crippen molar-refractivity contribution in [3.63, 3.8) is 0 Å². The molecule has 0 fully saturated rings. The molecule has 0 saturated carbocycles. The van der Waals surface area contributed by atoms with Crippen molar-refractivity contribution in [3.05, 3.63) is 37.1 Å². The molecule has 0 aromatic heterocycles. The Kier molecular flexibility index (Phi) is 8.09. The molecule has 0 aliphatic rings. The fraction of sp³-hybridized carbons (Fsp3) is 0.357. The summed E-state index contributed by atoms with van der Waals surface area (Å²) in [5.41, 5.74) is 1.19. The normalized spacial score (nSPS) is 13.5. The van der Waals surface area contributed by atoms with Gasteiger partial charge in [-0.25, -0.2) is 0 Å². The Labute approximate surface area is 93.3 Å². The van der Waals surface area contributed by atoms with Gasteiger partial charge in [-0.15, -0.1) is 18.9 Å². The van der Waals surface area contributed by atoms with Crippen molar-refractivity contribution in [1.82, 2.24) is 0 Å². The first-order valence-corrected chi connectivity index (χ1v) is 5.13. The monoisotopic (exact) mass is 201 g/mol. The predicted octanol–water partition coefficient (Wildman–Crippen LogP) is 3.75. The third-order valence-electron chi connectivity index (χ3n) is 2.17. The number of terminal acetylenes is 1. The zero-order chi connectivity index (χ0) is 11.5. The minimum atomic E-state index is 0.459. The van der Waals surface area contributed by atoms with Crippen LogP contribution >= 0.6 is 0 Å². The van der Waals surface area contributed by atoms with Crippen LogP contribution in [0.25, 0.3) is 0 Å². The standard InChI is InChI=1S/C14H19N/c1-5-8-10-13(4)14(9-6-2)12-15-11-7-3/h2,5,7,11-13H,1,3,8-10H2,4H3. The zero-order valence-corrected chi connectivity index (χ0v) is 9.45. The molecule has 0 spiro atoms. The van der Waals surface area contributed by atoms with E-state index in [1.54, 1.807) is 12.3 Å². The van der Waals surface area contributed by atoms with Gasteiger partial charge in [-0.1, -0.05) is 25.7 Å². The van der Waals surface area contributed by atoms with Gasteiger partial charge in [0.1, 0.15) is 0 Å². The Morgan fingerprint density at radius 3 is 2.80 bits per heavy atom. The molecule has 80 valence electrons. The molecular weight excluding hydrogens is 182 g/mol. The smallest absolute Gasteiger partial charge is 0.0317 e. The number of hydrogen-bond acceptors (Lipinski definition) is 1. The van der Waals surface area contributed by atoms with E-state index in [1.807, 2.05) is 12.3 Å². The maximum atomic E-state index is 5.32. The fourth-order valence-corrected chi connectivity index (χ4v) is 1.22. The van der Waals surface area contributed by atoms with Crippen LogP contribution in [0.1, 0.15) is 26.2 Å². The first kappa shape index (κ1) is 13.4. The van der Waals surface area contributed by atoms with E-state index in [4.69, 9.17) is 6.42 Å². The number of aliphatic imine (C=N–C) groups is 1. The van der Waals surface area contributed by atoms with Crippen LogP contribution in [0, 0.1) is 18.3 Å². The van der Waals surface area contributed by atoms with Crippen molar-refractivity contribution in [3.8, 4) is 12.3 Å². The van der Waals surface area contributed by atoms with Gasteiger partial charge in [-0.05, 0) is 24.3 Å². The van der Waals surface area contributed by atoms with Gasteiger partial charge in [-0.3, -0.25) is 4.99 Å². The van der Waals surface area contributed by atoms with Gasteiger partial charge in [0.05, 0.1) is 0 Å². The lowest BCUT2D eigenvalue weighted by atomic mass is 9.94. The minimum Gasteiger partial charge on any atom is -0.265 e. The van der Waals surface area contributed by atoms with Gasteiger partial charge in [-0.2, -0.15) is 0 Å². The summed E-state index contributed by atoms with van der Waals surface area (Å²) in [7, 11) is 0. The number of rotatable bonds is 7. The summed E-state index contributed by atoms with van der Waals surface area (Å²) >= 11 is 0. The highest BCUT2D eigenvalue weighted by molar-refractivity contribution is 5.70. The predicted molar refractivity (Wildman–Crippen MR) is 68.8 cm³/mol. The van der Waals surface area contributed by atoms with E-state index < -0.39 is 0 Å². The number of hydrogen-bond donors (Lipinski definition) is 0. The molecule has 0 heterocycles. The summed E-state index contributed by atoms with van der Waals surface area (Å²) in [5, 5.41) is 0. The summed E-state index contributed by atoms with van der Waals surface area (Å²) in [6.07, 6.45) is 15.1. The fourth-order valence-electron chi connectivity index (χ4n) is 1.22. The van der Waals surface area contributed by atoms with Crippen LogP contribution in [0.2, 0.25) is 0 Å². The van der Waals surface area contributed by atoms with E-state index >= 15 is 0 Å². The molecule has 0 aromatic rings. The van der Waals surface area contributed by atoms with Crippen LogP contribution in [-0.2, 0) is 0 Å². The summed E-state index contributed by atoms with van der Waals surface area (Å²) < 4.78 is 0. The summed E-state index contributed by atoms with van der Waals surface area (Å²) in [6.45, 7) is 9.44. The number of nitrogens with zero attached hydrogens (tertiary/aromatic N) is 1. The van der Waals surface area contributed by atoms with Gasteiger partial charge in [0.15, 0.2) is 0 Å². The molecule has 0 aliphatic carbocycles. The average molecular weight is 201 g/mol. The number of allylic oxidation sites excluding steroid dienone is 3. The van der Waals surface area contributed by atoms with Crippen LogP contribution < -0.4 is 0 Å². The zero-order valence-electron chi connectivity index (χ0n) is 9.45. The Morgan fingerprint density at radius 2 is 2.27 bits per heavy atom. The van der Waals surface area contributed by atoms with Crippen molar-refractivity contribution < 1.29 is 0 Å². The summed E-state index contributed by atoms with van der Waals surface area (Å²) in [4.78, 5) is 4.11. The van der Waals surface area contributed by atoms with Gasteiger partial charge < -0.3 is 0 Å². The van der Waals surface area contributed by atoms with Crippen molar-refractivity contribution >= 4 is 6.21 Å². The van der Waals surface area contributed by atoms with E-state index in [1.165, 1.54) is 5.57 Å². The molecule has 0 N–H and O–H groups in total. The van der Waals surface area contributed by atoms with Crippen molar-refractivity contribution in [1.29, 1.82) is 0 Å². The Morgan fingerprint density at radius 1 is 1.53 bits per heavy atom. The second-order valence-electron chi connectivity index (χ2n) is 3.39. The Balaban J connectivity index is 4.42. The highest BCUT2D eigenvalue weighted by atomic mass is 14.7. The third-order valence-corrected chi connectivity index (χ3v) is 2.17. The molecule has 15 heavy (non-hydrogen) atoms. The van der Waals surface area contributed by atoms with Crippen molar-refractivity contribution in [2.45, 2.75) is 26.2 Å². The Bertz CT molecular complexity index is 289. The second-order valence-corrected chi connectivity index (χ2v) is 3.39. The lowest BCUT2D eigenvalue weighted by Crippen LogP contribution is -1.98. The third kappa shape index (κ3) is 6.51. The SMILES string of the molecule is C#CCC(=CN=CC=C)C(C)CCC=C. The van der Waals surface area contributed by atoms with Crippen LogP contribution in [-0.4, -0.2) is 6.21 Å². The molecular formula is C14H19N. The second kappa shape index (κ2) is 9.02. The largest absolute Gasteiger partial charge is 0.265 e. The molecule has 0 aromatic carbocycles. The molecule has 1 nitrogen and oxygen atoms in total. The van der Waals surface area contributed by atoms with E-state index in [0.29, 0.717) is 12.3 Å². The first-order chi connectivity index (χ1) is 7.26. The molecule has 0 radical (unpaired) electrons. The lowest BCUT2D eigenvalue weighted by Gasteiger charge is -2.11. The van der Waals surface area contributed by atoms with Crippen LogP contribution in [0.15, 0.2) is 42.1 Å². The van der Waals surface area contributed by atoms with Crippen molar-refractivity contribution in [2.24, 2.45) is 10.9 Å². The van der Waals surface area contributed by atoms with Crippen LogP contribution in [0.3, 0.4) is 0 Å². The topological polar surface area (TPSA) is 12.4 Å². The van der Waals surface area contributed by atoms with Gasteiger partial charge in [0.2, 0.25) is 0 Å². The molecule has 0 bridgehead atoms. The van der Waals surface area contributed by atoms with Gasteiger partial charge in [0.25, 0.3) is 0 Å². The quantitative estimate of drug-likeness (QED) is 0.338. The average Bonchev–Trinajstić information content (AvgIpc) is 2.25. The molecule has 1 atom stereocenters. The van der Waals surface area contributed by atoms with E-state index in [0.717, 1.165) is 12.8 Å². The molecule has 0 saturated heterocycles. The lowest BCUT2D eigenvalue weighted by molar-refractivity contribution is 0.611. The van der Waals surface area contributed by atoms with E-state index in [2.05, 4.69) is 31.0 Å². The molecule has 1 unspecified atom stereocenters. The first-order valence-electron chi connectivity index (χ1n) is 5.13. The highest BCUT2D eigenvalue weighted by Gasteiger charge is 2.06. The van der Waals surface area contributed by atoms with Crippen LogP contribution in [0.4, 0.5) is 0 Å². The van der Waals surface area contributed by atoms with Crippen LogP contribution in [0.5, 0.6) is 0 Å². The van der Waals surface area contributed by atoms with E-state index in [-0.39, 0.29) is 0 Å². The van der Waals surface area contributed by atoms with Gasteiger partial charge >= 0.3 is 0 Å². The minimum absolute atomic E-state index is 0.459. The molecule has 0 aliphatic heterocycles. The molecule has 1 heteroatoms. The highest BCUT2D eigenvalue weighted by Crippen LogP contribution is 2.19. The molecule has 0 amide bonds. The Hall–Kier alpha value is -1.55. The van der Waals surface area contributed by atoms with Crippen molar-refractivity contribution in [2.75, 3.05) is 0 Å². The summed E-state index contributed by atoms with van der Waals surface area (Å²) in [5.74, 6) is 3.12.